The standard InChI is InChI=1S/C28H38OSi2/c1-28(2,3)31(5,6)29-27-18-12-11-16-25(27)20-23-14-8-7-13-22(23)19-24-15-9-10-17-26(24)21-30-4/h7-18H,19-21,30H2,1-6H3. The van der Waals surface area contributed by atoms with E-state index < -0.39 is 8.32 Å². The number of hydrogen-bond acceptors (Lipinski definition) is 1. The normalized spacial score (nSPS) is 12.5. The summed E-state index contributed by atoms with van der Waals surface area (Å²) in [4.78, 5) is 0. The van der Waals surface area contributed by atoms with Crippen LogP contribution < -0.4 is 4.43 Å². The Bertz CT molecular complexity index is 1000. The van der Waals surface area contributed by atoms with E-state index in [9.17, 15) is 0 Å². The lowest BCUT2D eigenvalue weighted by Crippen LogP contribution is -2.44. The Balaban J connectivity index is 1.89. The fraction of sp³-hybridized carbons (Fsp3) is 0.357. The molecule has 3 aromatic rings. The molecule has 1 nitrogen and oxygen atoms in total. The van der Waals surface area contributed by atoms with Gasteiger partial charge in [0.15, 0.2) is 0 Å². The van der Waals surface area contributed by atoms with Gasteiger partial charge in [-0.3, -0.25) is 0 Å². The fourth-order valence-electron chi connectivity index (χ4n) is 3.73. The van der Waals surface area contributed by atoms with E-state index in [1.54, 1.807) is 0 Å². The first kappa shape index (κ1) is 23.6. The largest absolute Gasteiger partial charge is 0.543 e. The van der Waals surface area contributed by atoms with E-state index in [-0.39, 0.29) is 14.6 Å². The smallest absolute Gasteiger partial charge is 0.250 e. The minimum atomic E-state index is -1.88. The molecule has 3 aromatic carbocycles. The van der Waals surface area contributed by atoms with Crippen LogP contribution in [0, 0.1) is 0 Å². The van der Waals surface area contributed by atoms with Crippen LogP contribution in [-0.4, -0.2) is 17.8 Å². The van der Waals surface area contributed by atoms with E-state index in [1.807, 2.05) is 0 Å². The van der Waals surface area contributed by atoms with Gasteiger partial charge < -0.3 is 4.43 Å². The first-order valence-corrected chi connectivity index (χ1v) is 16.9. The predicted molar refractivity (Wildman–Crippen MR) is 141 cm³/mol. The molecule has 0 bridgehead atoms. The molecule has 0 radical (unpaired) electrons. The van der Waals surface area contributed by atoms with Crippen molar-refractivity contribution in [2.75, 3.05) is 0 Å². The zero-order valence-corrected chi connectivity index (χ0v) is 22.6. The third-order valence-corrected chi connectivity index (χ3v) is 12.0. The van der Waals surface area contributed by atoms with E-state index in [0.717, 1.165) is 18.6 Å². The monoisotopic (exact) mass is 446 g/mol. The van der Waals surface area contributed by atoms with Gasteiger partial charge in [0, 0.05) is 15.9 Å². The van der Waals surface area contributed by atoms with Crippen molar-refractivity contribution >= 4 is 17.8 Å². The third kappa shape index (κ3) is 5.99. The third-order valence-electron chi connectivity index (χ3n) is 6.66. The van der Waals surface area contributed by atoms with E-state index in [0.29, 0.717) is 0 Å². The van der Waals surface area contributed by atoms with Crippen molar-refractivity contribution in [3.05, 3.63) is 101 Å². The number of hydrogen-bond donors (Lipinski definition) is 0. The highest BCUT2D eigenvalue weighted by atomic mass is 28.4. The van der Waals surface area contributed by atoms with Gasteiger partial charge in [-0.05, 0) is 64.5 Å². The molecule has 0 unspecified atom stereocenters. The molecule has 0 aliphatic carbocycles. The van der Waals surface area contributed by atoms with E-state index in [2.05, 4.69) is 113 Å². The van der Waals surface area contributed by atoms with Crippen LogP contribution in [0.3, 0.4) is 0 Å². The Morgan fingerprint density at radius 3 is 1.61 bits per heavy atom. The van der Waals surface area contributed by atoms with Gasteiger partial charge in [0.25, 0.3) is 0 Å². The van der Waals surface area contributed by atoms with E-state index in [4.69, 9.17) is 4.43 Å². The van der Waals surface area contributed by atoms with Crippen LogP contribution in [0.4, 0.5) is 0 Å². The van der Waals surface area contributed by atoms with Crippen molar-refractivity contribution in [2.24, 2.45) is 0 Å². The van der Waals surface area contributed by atoms with Crippen molar-refractivity contribution in [2.45, 2.75) is 64.3 Å². The lowest BCUT2D eigenvalue weighted by atomic mass is 9.93. The van der Waals surface area contributed by atoms with Crippen LogP contribution in [0.5, 0.6) is 5.75 Å². The van der Waals surface area contributed by atoms with Gasteiger partial charge in [-0.2, -0.15) is 0 Å². The molecule has 0 spiro atoms. The summed E-state index contributed by atoms with van der Waals surface area (Å²) in [6, 6.07) is 27.8. The van der Waals surface area contributed by atoms with Crippen molar-refractivity contribution in [1.29, 1.82) is 0 Å². The predicted octanol–water partition coefficient (Wildman–Crippen LogP) is 6.97. The molecular formula is C28H38OSi2. The Kier molecular flexibility index (Phi) is 7.61. The van der Waals surface area contributed by atoms with Gasteiger partial charge in [0.2, 0.25) is 8.32 Å². The summed E-state index contributed by atoms with van der Waals surface area (Å²) in [6.07, 6.45) is 1.91. The Labute approximate surface area is 192 Å². The highest BCUT2D eigenvalue weighted by Gasteiger charge is 2.39. The molecule has 3 rings (SSSR count). The number of rotatable bonds is 8. The quantitative estimate of drug-likeness (QED) is 0.339. The zero-order valence-electron chi connectivity index (χ0n) is 20.2. The lowest BCUT2D eigenvalue weighted by Gasteiger charge is -2.37. The van der Waals surface area contributed by atoms with Gasteiger partial charge in [-0.1, -0.05) is 94.0 Å². The molecule has 0 saturated heterocycles. The highest BCUT2D eigenvalue weighted by Crippen LogP contribution is 2.38. The number of para-hydroxylation sites is 1. The molecule has 0 aliphatic heterocycles. The molecule has 0 amide bonds. The maximum atomic E-state index is 6.72. The van der Waals surface area contributed by atoms with Crippen LogP contribution >= 0.6 is 0 Å². The van der Waals surface area contributed by atoms with Crippen LogP contribution in [-0.2, 0) is 18.9 Å². The van der Waals surface area contributed by atoms with Crippen LogP contribution in [0.1, 0.15) is 48.6 Å². The second-order valence-corrected chi connectivity index (χ2v) is 16.3. The second-order valence-electron chi connectivity index (χ2n) is 10.1. The summed E-state index contributed by atoms with van der Waals surface area (Å²) in [6.45, 7) is 13.9. The zero-order chi connectivity index (χ0) is 22.5. The van der Waals surface area contributed by atoms with Gasteiger partial charge >= 0.3 is 0 Å². The lowest BCUT2D eigenvalue weighted by molar-refractivity contribution is 0.488. The van der Waals surface area contributed by atoms with Gasteiger partial charge in [-0.15, -0.1) is 0 Å². The molecular weight excluding hydrogens is 408 g/mol. The van der Waals surface area contributed by atoms with Crippen LogP contribution in [0.15, 0.2) is 72.8 Å². The van der Waals surface area contributed by atoms with Crippen LogP contribution in [0.2, 0.25) is 24.7 Å². The molecule has 31 heavy (non-hydrogen) atoms. The summed E-state index contributed by atoms with van der Waals surface area (Å²) in [5, 5.41) is 0.185. The summed E-state index contributed by atoms with van der Waals surface area (Å²) < 4.78 is 6.72. The molecule has 3 heteroatoms. The topological polar surface area (TPSA) is 9.23 Å². The van der Waals surface area contributed by atoms with Crippen molar-refractivity contribution in [3.63, 3.8) is 0 Å². The Morgan fingerprint density at radius 1 is 0.677 bits per heavy atom. The SMILES string of the molecule is C[SiH2]Cc1ccccc1Cc1ccccc1Cc1ccccc1O[Si](C)(C)C(C)(C)C. The van der Waals surface area contributed by atoms with Gasteiger partial charge in [0.1, 0.15) is 5.75 Å². The molecule has 0 atom stereocenters. The highest BCUT2D eigenvalue weighted by molar-refractivity contribution is 6.74. The molecule has 164 valence electrons. The molecule has 0 aliphatic rings. The Morgan fingerprint density at radius 2 is 1.10 bits per heavy atom. The van der Waals surface area contributed by atoms with Crippen LogP contribution in [0.25, 0.3) is 0 Å². The average molecular weight is 447 g/mol. The second kappa shape index (κ2) is 10.0. The van der Waals surface area contributed by atoms with Crippen molar-refractivity contribution < 1.29 is 4.43 Å². The molecule has 0 fully saturated rings. The molecule has 0 heterocycles. The first-order valence-electron chi connectivity index (χ1n) is 11.6. The van der Waals surface area contributed by atoms with E-state index in [1.165, 1.54) is 33.9 Å². The summed E-state index contributed by atoms with van der Waals surface area (Å²) in [5.74, 6) is 1.06. The van der Waals surface area contributed by atoms with Crippen molar-refractivity contribution in [3.8, 4) is 5.75 Å². The maximum absolute atomic E-state index is 6.72. The molecule has 0 N–H and O–H groups in total. The summed E-state index contributed by atoms with van der Waals surface area (Å²) in [7, 11) is -1.88. The fourth-order valence-corrected chi connectivity index (χ4v) is 5.81. The van der Waals surface area contributed by atoms with E-state index >= 15 is 0 Å². The minimum absolute atomic E-state index is 0.00197. The molecule has 0 aromatic heterocycles. The summed E-state index contributed by atoms with van der Waals surface area (Å²) in [5.41, 5.74) is 7.13. The van der Waals surface area contributed by atoms with Gasteiger partial charge in [-0.25, -0.2) is 0 Å². The van der Waals surface area contributed by atoms with Gasteiger partial charge in [0.05, 0.1) is 0 Å². The first-order chi connectivity index (χ1) is 14.7. The Hall–Kier alpha value is -2.11. The average Bonchev–Trinajstić information content (AvgIpc) is 2.71. The minimum Gasteiger partial charge on any atom is -0.543 e. The summed E-state index contributed by atoms with van der Waals surface area (Å²) >= 11 is 0. The number of benzene rings is 3. The van der Waals surface area contributed by atoms with Crippen molar-refractivity contribution in [1.82, 2.24) is 0 Å². The maximum Gasteiger partial charge on any atom is 0.250 e. The molecule has 0 saturated carbocycles.